The Bertz CT molecular complexity index is 1320. The SMILES string of the molecule is C=CCN(C(=O)[C@@H]1[C@H]2C(=O)N(CCO)C(C(=O)N(CC=C)c3ccccc3Cl)C23S[C@@H]1CC3C)c1ccccc1. The number of carbonyl (C=O) groups excluding carboxylic acids is 3. The molecule has 1 spiro atoms. The number of amides is 3. The van der Waals surface area contributed by atoms with Gasteiger partial charge in [-0.3, -0.25) is 14.4 Å². The van der Waals surface area contributed by atoms with Crippen molar-refractivity contribution in [3.63, 3.8) is 0 Å². The number of aliphatic hydroxyl groups excluding tert-OH is 1. The Morgan fingerprint density at radius 3 is 2.38 bits per heavy atom. The molecule has 1 N–H and O–H groups in total. The number of benzene rings is 2. The van der Waals surface area contributed by atoms with E-state index in [1.54, 1.807) is 51.9 Å². The van der Waals surface area contributed by atoms with Gasteiger partial charge in [-0.2, -0.15) is 0 Å². The number of anilines is 2. The number of fused-ring (bicyclic) bond motifs is 1. The van der Waals surface area contributed by atoms with Gasteiger partial charge in [0, 0.05) is 30.6 Å². The Labute approximate surface area is 244 Å². The number of nitrogens with zero attached hydrogens (tertiary/aromatic N) is 3. The van der Waals surface area contributed by atoms with Gasteiger partial charge in [0.05, 0.1) is 33.9 Å². The highest BCUT2D eigenvalue weighted by atomic mass is 35.5. The Morgan fingerprint density at radius 1 is 1.07 bits per heavy atom. The van der Waals surface area contributed by atoms with E-state index in [2.05, 4.69) is 20.1 Å². The van der Waals surface area contributed by atoms with Crippen LogP contribution in [0.5, 0.6) is 0 Å². The fourth-order valence-corrected chi connectivity index (χ4v) is 9.57. The van der Waals surface area contributed by atoms with Crippen LogP contribution in [0.1, 0.15) is 13.3 Å². The molecule has 2 aromatic rings. The van der Waals surface area contributed by atoms with E-state index in [4.69, 9.17) is 11.6 Å². The molecule has 3 heterocycles. The molecule has 9 heteroatoms. The number of halogens is 1. The highest BCUT2D eigenvalue weighted by Crippen LogP contribution is 2.69. The number of hydrogen-bond acceptors (Lipinski definition) is 5. The number of thioether (sulfide) groups is 1. The maximum Gasteiger partial charge on any atom is 0.251 e. The minimum absolute atomic E-state index is 0.000418. The second-order valence-electron chi connectivity index (χ2n) is 10.6. The molecule has 3 saturated heterocycles. The van der Waals surface area contributed by atoms with Gasteiger partial charge in [0.1, 0.15) is 6.04 Å². The van der Waals surface area contributed by atoms with Gasteiger partial charge in [-0.1, -0.05) is 61.0 Å². The summed E-state index contributed by atoms with van der Waals surface area (Å²) in [6, 6.07) is 15.6. The molecular weight excluding hydrogens is 546 g/mol. The van der Waals surface area contributed by atoms with Crippen molar-refractivity contribution in [2.24, 2.45) is 17.8 Å². The van der Waals surface area contributed by atoms with E-state index in [1.807, 2.05) is 36.4 Å². The largest absolute Gasteiger partial charge is 0.395 e. The Balaban J connectivity index is 1.59. The zero-order valence-electron chi connectivity index (χ0n) is 22.5. The van der Waals surface area contributed by atoms with Gasteiger partial charge < -0.3 is 19.8 Å². The number of hydrogen-bond donors (Lipinski definition) is 1. The molecule has 0 radical (unpaired) electrons. The van der Waals surface area contributed by atoms with Crippen LogP contribution >= 0.6 is 23.4 Å². The summed E-state index contributed by atoms with van der Waals surface area (Å²) in [6.45, 7) is 9.99. The Morgan fingerprint density at radius 2 is 1.73 bits per heavy atom. The molecule has 3 unspecified atom stereocenters. The first-order chi connectivity index (χ1) is 19.3. The smallest absolute Gasteiger partial charge is 0.251 e. The first kappa shape index (κ1) is 28.5. The van der Waals surface area contributed by atoms with Crippen LogP contribution in [-0.2, 0) is 14.4 Å². The van der Waals surface area contributed by atoms with Crippen molar-refractivity contribution in [1.82, 2.24) is 4.90 Å². The number of carbonyl (C=O) groups is 3. The third kappa shape index (κ3) is 4.37. The molecule has 3 aliphatic rings. The van der Waals surface area contributed by atoms with E-state index < -0.39 is 22.6 Å². The summed E-state index contributed by atoms with van der Waals surface area (Å²) < 4.78 is -0.814. The first-order valence-corrected chi connectivity index (χ1v) is 14.8. The Hall–Kier alpha value is -3.07. The van der Waals surface area contributed by atoms with Crippen molar-refractivity contribution in [3.8, 4) is 0 Å². The highest BCUT2D eigenvalue weighted by molar-refractivity contribution is 8.02. The molecule has 3 amide bonds. The van der Waals surface area contributed by atoms with E-state index in [9.17, 15) is 19.5 Å². The molecule has 0 aromatic heterocycles. The van der Waals surface area contributed by atoms with Gasteiger partial charge in [0.25, 0.3) is 5.91 Å². The van der Waals surface area contributed by atoms with Crippen molar-refractivity contribution < 1.29 is 19.5 Å². The quantitative estimate of drug-likeness (QED) is 0.422. The molecule has 0 aliphatic carbocycles. The molecule has 40 heavy (non-hydrogen) atoms. The summed E-state index contributed by atoms with van der Waals surface area (Å²) in [4.78, 5) is 47.8. The lowest BCUT2D eigenvalue weighted by Crippen LogP contribution is -2.58. The van der Waals surface area contributed by atoms with Crippen LogP contribution < -0.4 is 9.80 Å². The Kier molecular flexibility index (Phi) is 8.13. The van der Waals surface area contributed by atoms with Gasteiger partial charge in [0.15, 0.2) is 0 Å². The van der Waals surface area contributed by atoms with Crippen molar-refractivity contribution in [2.45, 2.75) is 29.4 Å². The number of β-amino-alcohol motifs (C(OH)–C–C–N with tert-alkyl or cyclic N) is 1. The summed E-state index contributed by atoms with van der Waals surface area (Å²) in [5.74, 6) is -1.96. The molecule has 5 rings (SSSR count). The summed E-state index contributed by atoms with van der Waals surface area (Å²) in [5.41, 5.74) is 1.27. The number of aliphatic hydroxyl groups is 1. The molecule has 7 nitrogen and oxygen atoms in total. The fourth-order valence-electron chi connectivity index (χ4n) is 6.92. The third-order valence-electron chi connectivity index (χ3n) is 8.47. The molecule has 6 atom stereocenters. The van der Waals surface area contributed by atoms with Gasteiger partial charge in [0.2, 0.25) is 11.8 Å². The van der Waals surface area contributed by atoms with Crippen molar-refractivity contribution in [1.29, 1.82) is 0 Å². The monoisotopic (exact) mass is 579 g/mol. The maximum atomic E-state index is 14.5. The predicted octanol–water partition coefficient (Wildman–Crippen LogP) is 4.41. The van der Waals surface area contributed by atoms with E-state index in [0.29, 0.717) is 23.7 Å². The molecule has 3 aliphatic heterocycles. The van der Waals surface area contributed by atoms with E-state index in [-0.39, 0.29) is 48.6 Å². The van der Waals surface area contributed by atoms with E-state index >= 15 is 0 Å². The van der Waals surface area contributed by atoms with Crippen molar-refractivity contribution in [2.75, 3.05) is 36.0 Å². The molecule has 2 bridgehead atoms. The van der Waals surface area contributed by atoms with Crippen molar-refractivity contribution >= 4 is 52.5 Å². The highest BCUT2D eigenvalue weighted by Gasteiger charge is 2.76. The number of likely N-dealkylation sites (tertiary alicyclic amines) is 1. The fraction of sp³-hybridized carbons (Fsp3) is 0.387. The van der Waals surface area contributed by atoms with Crippen LogP contribution in [0, 0.1) is 17.8 Å². The molecular formula is C31H34ClN3O4S. The van der Waals surface area contributed by atoms with Crippen LogP contribution in [0.3, 0.4) is 0 Å². The minimum atomic E-state index is -0.860. The molecule has 2 aromatic carbocycles. The lowest BCUT2D eigenvalue weighted by molar-refractivity contribution is -0.139. The zero-order valence-corrected chi connectivity index (χ0v) is 24.1. The average Bonchev–Trinajstić information content (AvgIpc) is 3.54. The predicted molar refractivity (Wildman–Crippen MR) is 160 cm³/mol. The van der Waals surface area contributed by atoms with E-state index in [1.165, 1.54) is 4.90 Å². The van der Waals surface area contributed by atoms with Crippen LogP contribution in [0.4, 0.5) is 11.4 Å². The summed E-state index contributed by atoms with van der Waals surface area (Å²) >= 11 is 8.13. The minimum Gasteiger partial charge on any atom is -0.395 e. The first-order valence-electron chi connectivity index (χ1n) is 13.5. The van der Waals surface area contributed by atoms with E-state index in [0.717, 1.165) is 5.69 Å². The van der Waals surface area contributed by atoms with Gasteiger partial charge in [-0.05, 0) is 36.6 Å². The van der Waals surface area contributed by atoms with Gasteiger partial charge in [-0.15, -0.1) is 24.9 Å². The standard InChI is InChI=1S/C31H34ClN3O4S/c1-4-15-33(21-11-7-6-8-12-21)28(37)25-24-19-20(3)31(40-24)26(25)29(38)35(17-18-36)27(31)30(39)34(16-5-2)23-14-10-9-13-22(23)32/h4-14,20,24-27,36H,1-2,15-19H2,3H3/t20?,24-,25+,26+,27?,31?/m1/s1. The van der Waals surface area contributed by atoms with Gasteiger partial charge in [-0.25, -0.2) is 0 Å². The van der Waals surface area contributed by atoms with Crippen LogP contribution in [0.15, 0.2) is 79.9 Å². The normalized spacial score (nSPS) is 28.3. The number of rotatable bonds is 10. The van der Waals surface area contributed by atoms with Gasteiger partial charge >= 0.3 is 0 Å². The molecule has 210 valence electrons. The number of para-hydroxylation sites is 2. The van der Waals surface area contributed by atoms with Crippen LogP contribution in [0.2, 0.25) is 5.02 Å². The summed E-state index contributed by atoms with van der Waals surface area (Å²) in [7, 11) is 0. The lowest BCUT2D eigenvalue weighted by atomic mass is 9.65. The summed E-state index contributed by atoms with van der Waals surface area (Å²) in [5, 5.41) is 10.3. The third-order valence-corrected chi connectivity index (χ3v) is 10.9. The second-order valence-corrected chi connectivity index (χ2v) is 12.5. The zero-order chi connectivity index (χ0) is 28.6. The molecule has 0 saturated carbocycles. The summed E-state index contributed by atoms with van der Waals surface area (Å²) in [6.07, 6.45) is 4.03. The van der Waals surface area contributed by atoms with Crippen LogP contribution in [0.25, 0.3) is 0 Å². The average molecular weight is 580 g/mol. The lowest BCUT2D eigenvalue weighted by Gasteiger charge is -2.41. The van der Waals surface area contributed by atoms with Crippen molar-refractivity contribution in [3.05, 3.63) is 84.9 Å². The van der Waals surface area contributed by atoms with Crippen LogP contribution in [-0.4, -0.2) is 70.0 Å². The molecule has 3 fully saturated rings. The maximum absolute atomic E-state index is 14.5. The second kappa shape index (κ2) is 11.4. The topological polar surface area (TPSA) is 81.2 Å².